The smallest absolute Gasteiger partial charge is 0.407 e. The Morgan fingerprint density at radius 2 is 1.91 bits per heavy atom. The van der Waals surface area contributed by atoms with Crippen LogP contribution in [-0.2, 0) is 17.6 Å². The largest absolute Gasteiger partial charge is 0.444 e. The van der Waals surface area contributed by atoms with Crippen molar-refractivity contribution in [2.24, 2.45) is 0 Å². The zero-order valence-electron chi connectivity index (χ0n) is 17.7. The second-order valence-electron chi connectivity index (χ2n) is 8.82. The van der Waals surface area contributed by atoms with E-state index >= 15 is 0 Å². The summed E-state index contributed by atoms with van der Waals surface area (Å²) in [5.41, 5.74) is 1.60. The molecule has 2 atom stereocenters. The molecular weight excluding hydrogens is 421 g/mol. The first-order valence-electron chi connectivity index (χ1n) is 10.1. The van der Waals surface area contributed by atoms with Gasteiger partial charge in [0.2, 0.25) is 0 Å². The van der Waals surface area contributed by atoms with Gasteiger partial charge in [-0.3, -0.25) is 0 Å². The molecule has 0 unspecified atom stereocenters. The molecule has 1 aliphatic rings. The van der Waals surface area contributed by atoms with Crippen LogP contribution in [0.1, 0.15) is 49.2 Å². The van der Waals surface area contributed by atoms with Crippen LogP contribution in [0.3, 0.4) is 0 Å². The SMILES string of the molecule is CC(C)(C)OC(=O)N[C@H]1Cc2c(nc3cc(C#N)ccn23)C[C@@H]1c1cc(F)c(F)cc1F. The number of nitriles is 1. The van der Waals surface area contributed by atoms with Gasteiger partial charge in [0.05, 0.1) is 17.3 Å². The number of carbonyl (C=O) groups is 1. The molecule has 3 aromatic rings. The van der Waals surface area contributed by atoms with Gasteiger partial charge in [0.15, 0.2) is 11.6 Å². The molecule has 1 N–H and O–H groups in total. The Bertz CT molecular complexity index is 1260. The number of hydrogen-bond acceptors (Lipinski definition) is 4. The summed E-state index contributed by atoms with van der Waals surface area (Å²) in [6.45, 7) is 5.15. The maximum Gasteiger partial charge on any atom is 0.407 e. The van der Waals surface area contributed by atoms with Gasteiger partial charge in [-0.1, -0.05) is 0 Å². The summed E-state index contributed by atoms with van der Waals surface area (Å²) in [5.74, 6) is -4.05. The lowest BCUT2D eigenvalue weighted by molar-refractivity contribution is 0.0493. The quantitative estimate of drug-likeness (QED) is 0.597. The number of ether oxygens (including phenoxy) is 1. The first-order chi connectivity index (χ1) is 15.1. The highest BCUT2D eigenvalue weighted by atomic mass is 19.2. The molecule has 1 aliphatic carbocycles. The first kappa shape index (κ1) is 21.7. The van der Waals surface area contributed by atoms with E-state index in [1.165, 1.54) is 0 Å². The number of alkyl carbamates (subject to hydrolysis) is 1. The fraction of sp³-hybridized carbons (Fsp3) is 0.348. The lowest BCUT2D eigenvalue weighted by Gasteiger charge is -2.33. The van der Waals surface area contributed by atoms with Crippen LogP contribution in [0.15, 0.2) is 30.5 Å². The van der Waals surface area contributed by atoms with Crippen LogP contribution in [0, 0.1) is 28.8 Å². The lowest BCUT2D eigenvalue weighted by atomic mass is 9.80. The summed E-state index contributed by atoms with van der Waals surface area (Å²) in [6.07, 6.45) is 1.45. The molecule has 0 saturated carbocycles. The van der Waals surface area contributed by atoms with Crippen LogP contribution in [0.25, 0.3) is 5.65 Å². The summed E-state index contributed by atoms with van der Waals surface area (Å²) in [6, 6.07) is 6.00. The Morgan fingerprint density at radius 3 is 2.59 bits per heavy atom. The molecule has 1 amide bonds. The van der Waals surface area contributed by atoms with E-state index in [2.05, 4.69) is 16.4 Å². The van der Waals surface area contributed by atoms with E-state index in [9.17, 15) is 18.0 Å². The molecule has 0 aliphatic heterocycles. The van der Waals surface area contributed by atoms with Crippen molar-refractivity contribution in [2.45, 2.75) is 51.2 Å². The van der Waals surface area contributed by atoms with Crippen LogP contribution < -0.4 is 5.32 Å². The molecule has 0 spiro atoms. The van der Waals surface area contributed by atoms with E-state index in [1.54, 1.807) is 43.5 Å². The number of carbonyl (C=O) groups excluding carboxylic acids is 1. The maximum absolute atomic E-state index is 14.7. The van der Waals surface area contributed by atoms with Gasteiger partial charge in [-0.2, -0.15) is 5.26 Å². The average molecular weight is 442 g/mol. The van der Waals surface area contributed by atoms with E-state index < -0.39 is 41.1 Å². The zero-order valence-corrected chi connectivity index (χ0v) is 17.7. The van der Waals surface area contributed by atoms with Crippen molar-refractivity contribution >= 4 is 11.7 Å². The highest BCUT2D eigenvalue weighted by molar-refractivity contribution is 5.68. The Kier molecular flexibility index (Phi) is 5.33. The van der Waals surface area contributed by atoms with Gasteiger partial charge in [0.1, 0.15) is 17.1 Å². The number of aromatic nitrogens is 2. The molecular formula is C23H21F3N4O2. The van der Waals surface area contributed by atoms with Crippen LogP contribution in [0.4, 0.5) is 18.0 Å². The Balaban J connectivity index is 1.77. The van der Waals surface area contributed by atoms with Crippen LogP contribution >= 0.6 is 0 Å². The van der Waals surface area contributed by atoms with Crippen molar-refractivity contribution in [3.05, 3.63) is 70.4 Å². The second-order valence-corrected chi connectivity index (χ2v) is 8.82. The summed E-state index contributed by atoms with van der Waals surface area (Å²) in [4.78, 5) is 17.0. The van der Waals surface area contributed by atoms with Gasteiger partial charge >= 0.3 is 6.09 Å². The predicted molar refractivity (Wildman–Crippen MR) is 110 cm³/mol. The topological polar surface area (TPSA) is 79.4 Å². The summed E-state index contributed by atoms with van der Waals surface area (Å²) < 4.78 is 49.3. The summed E-state index contributed by atoms with van der Waals surface area (Å²) in [5, 5.41) is 11.9. The molecule has 0 saturated heterocycles. The molecule has 4 rings (SSSR count). The third-order valence-electron chi connectivity index (χ3n) is 5.39. The summed E-state index contributed by atoms with van der Waals surface area (Å²) >= 11 is 0. The van der Waals surface area contributed by atoms with Gasteiger partial charge in [-0.05, 0) is 44.5 Å². The number of halogens is 3. The normalized spacial score (nSPS) is 18.2. The second kappa shape index (κ2) is 7.86. The highest BCUT2D eigenvalue weighted by Crippen LogP contribution is 2.35. The molecule has 9 heteroatoms. The predicted octanol–water partition coefficient (Wildman–Crippen LogP) is 4.40. The number of pyridine rings is 1. The number of fused-ring (bicyclic) bond motifs is 3. The van der Waals surface area contributed by atoms with Crippen molar-refractivity contribution < 1.29 is 22.7 Å². The fourth-order valence-electron chi connectivity index (χ4n) is 4.05. The maximum atomic E-state index is 14.7. The molecule has 32 heavy (non-hydrogen) atoms. The molecule has 1 aromatic carbocycles. The van der Waals surface area contributed by atoms with Crippen LogP contribution in [-0.4, -0.2) is 27.1 Å². The van der Waals surface area contributed by atoms with Crippen molar-refractivity contribution in [3.63, 3.8) is 0 Å². The van der Waals surface area contributed by atoms with E-state index in [0.29, 0.717) is 23.0 Å². The van der Waals surface area contributed by atoms with Crippen molar-refractivity contribution in [1.82, 2.24) is 14.7 Å². The third-order valence-corrected chi connectivity index (χ3v) is 5.39. The number of amides is 1. The highest BCUT2D eigenvalue weighted by Gasteiger charge is 2.36. The minimum absolute atomic E-state index is 0.0506. The van der Waals surface area contributed by atoms with E-state index in [4.69, 9.17) is 10.00 Å². The number of benzene rings is 1. The van der Waals surface area contributed by atoms with Gasteiger partial charge < -0.3 is 14.5 Å². The van der Waals surface area contributed by atoms with E-state index in [-0.39, 0.29) is 18.4 Å². The molecule has 0 bridgehead atoms. The third kappa shape index (κ3) is 4.13. The summed E-state index contributed by atoms with van der Waals surface area (Å²) in [7, 11) is 0. The first-order valence-corrected chi connectivity index (χ1v) is 10.1. The molecule has 166 valence electrons. The number of hydrogen-bond donors (Lipinski definition) is 1. The van der Waals surface area contributed by atoms with Crippen molar-refractivity contribution in [2.75, 3.05) is 0 Å². The monoisotopic (exact) mass is 442 g/mol. The zero-order chi connectivity index (χ0) is 23.2. The lowest BCUT2D eigenvalue weighted by Crippen LogP contribution is -2.46. The molecule has 6 nitrogen and oxygen atoms in total. The number of nitrogens with zero attached hydrogens (tertiary/aromatic N) is 3. The van der Waals surface area contributed by atoms with Crippen LogP contribution in [0.5, 0.6) is 0 Å². The number of imidazole rings is 1. The van der Waals surface area contributed by atoms with Gasteiger partial charge in [-0.25, -0.2) is 22.9 Å². The van der Waals surface area contributed by atoms with Crippen LogP contribution in [0.2, 0.25) is 0 Å². The molecule has 2 aromatic heterocycles. The van der Waals surface area contributed by atoms with Crippen molar-refractivity contribution in [1.29, 1.82) is 5.26 Å². The Morgan fingerprint density at radius 1 is 1.19 bits per heavy atom. The minimum atomic E-state index is -1.28. The van der Waals surface area contributed by atoms with Gasteiger partial charge in [-0.15, -0.1) is 0 Å². The Hall–Kier alpha value is -3.54. The molecule has 0 fully saturated rings. The van der Waals surface area contributed by atoms with E-state index in [1.807, 2.05) is 0 Å². The molecule has 2 heterocycles. The van der Waals surface area contributed by atoms with Gasteiger partial charge in [0, 0.05) is 42.8 Å². The van der Waals surface area contributed by atoms with Gasteiger partial charge in [0.25, 0.3) is 0 Å². The van der Waals surface area contributed by atoms with E-state index in [0.717, 1.165) is 11.8 Å². The minimum Gasteiger partial charge on any atom is -0.444 e. The Labute approximate surface area is 182 Å². The van der Waals surface area contributed by atoms with Crippen molar-refractivity contribution in [3.8, 4) is 6.07 Å². The number of nitrogens with one attached hydrogen (secondary N) is 1. The standard InChI is InChI=1S/C23H21F3N4O2/c1-23(2,3)32-22(31)29-18-10-20-19(28-21-6-12(11-27)4-5-30(20)21)8-14(18)13-7-16(25)17(26)9-15(13)24/h4-7,9,14,18H,8,10H2,1-3H3,(H,29,31)/t14-,18+/m1/s1. The average Bonchev–Trinajstić information content (AvgIpc) is 3.05. The number of rotatable bonds is 2. The molecule has 0 radical (unpaired) electrons. The fourth-order valence-corrected chi connectivity index (χ4v) is 4.05.